The molecule has 4 aromatic heterocycles. The predicted molar refractivity (Wildman–Crippen MR) is 221 cm³/mol. The fourth-order valence-corrected chi connectivity index (χ4v) is 8.80. The summed E-state index contributed by atoms with van der Waals surface area (Å²) in [6.45, 7) is 0. The second-order valence-corrected chi connectivity index (χ2v) is 13.9. The average Bonchev–Trinajstić information content (AvgIpc) is 3.88. The van der Waals surface area contributed by atoms with Crippen LogP contribution in [-0.4, -0.2) is 14.1 Å². The molecule has 4 heteroatoms. The van der Waals surface area contributed by atoms with E-state index in [4.69, 9.17) is 9.40 Å². The normalized spacial score (nSPS) is 12.2. The highest BCUT2D eigenvalue weighted by molar-refractivity contribution is 6.20. The Hall–Kier alpha value is -7.17. The number of furan rings is 1. The van der Waals surface area contributed by atoms with Gasteiger partial charge in [0.1, 0.15) is 11.1 Å². The Labute approximate surface area is 303 Å². The summed E-state index contributed by atoms with van der Waals surface area (Å²) in [6.07, 6.45) is 0. The largest absolute Gasteiger partial charge is 0.453 e. The van der Waals surface area contributed by atoms with E-state index in [1.54, 1.807) is 0 Å². The first-order valence-corrected chi connectivity index (χ1v) is 18.1. The third-order valence-corrected chi connectivity index (χ3v) is 11.1. The van der Waals surface area contributed by atoms with E-state index < -0.39 is 0 Å². The number of aromatic nitrogens is 3. The van der Waals surface area contributed by atoms with E-state index in [0.717, 1.165) is 66.2 Å². The molecule has 0 unspecified atom stereocenters. The van der Waals surface area contributed by atoms with Crippen molar-refractivity contribution in [2.45, 2.75) is 0 Å². The van der Waals surface area contributed by atoms with Crippen LogP contribution < -0.4 is 0 Å². The molecule has 8 aromatic carbocycles. The predicted octanol–water partition coefficient (Wildman–Crippen LogP) is 13.1. The van der Waals surface area contributed by atoms with Gasteiger partial charge in [-0.1, -0.05) is 121 Å². The Balaban J connectivity index is 1.27. The molecule has 4 nitrogen and oxygen atoms in total. The molecule has 53 heavy (non-hydrogen) atoms. The maximum Gasteiger partial charge on any atom is 0.162 e. The number of para-hydroxylation sites is 5. The number of rotatable bonds is 3. The molecule has 12 aromatic rings. The zero-order chi connectivity index (χ0) is 34.6. The fraction of sp³-hybridized carbons (Fsp3) is 0. The van der Waals surface area contributed by atoms with Crippen molar-refractivity contribution in [3.8, 4) is 22.5 Å². The second kappa shape index (κ2) is 10.7. The Kier molecular flexibility index (Phi) is 5.74. The second-order valence-electron chi connectivity index (χ2n) is 13.9. The lowest BCUT2D eigenvalue weighted by Crippen LogP contribution is -2.00. The van der Waals surface area contributed by atoms with Crippen molar-refractivity contribution < 1.29 is 4.42 Å². The Morgan fingerprint density at radius 3 is 1.42 bits per heavy atom. The first-order valence-electron chi connectivity index (χ1n) is 18.1. The Morgan fingerprint density at radius 2 is 0.849 bits per heavy atom. The van der Waals surface area contributed by atoms with Crippen LogP contribution in [0.15, 0.2) is 180 Å². The molecule has 246 valence electrons. The Morgan fingerprint density at radius 1 is 0.377 bits per heavy atom. The topological polar surface area (TPSA) is 35.9 Å². The summed E-state index contributed by atoms with van der Waals surface area (Å²) < 4.78 is 11.9. The van der Waals surface area contributed by atoms with E-state index in [2.05, 4.69) is 185 Å². The zero-order valence-corrected chi connectivity index (χ0v) is 28.5. The molecule has 0 atom stereocenters. The summed E-state index contributed by atoms with van der Waals surface area (Å²) in [5.74, 6) is 0. The minimum atomic E-state index is 0.794. The van der Waals surface area contributed by atoms with Gasteiger partial charge in [-0.2, -0.15) is 0 Å². The fourth-order valence-electron chi connectivity index (χ4n) is 8.80. The molecule has 0 bridgehead atoms. The van der Waals surface area contributed by atoms with Crippen molar-refractivity contribution in [1.82, 2.24) is 14.1 Å². The number of nitrogens with zero attached hydrogens (tertiary/aromatic N) is 3. The maximum atomic E-state index is 7.03. The highest BCUT2D eigenvalue weighted by atomic mass is 16.3. The van der Waals surface area contributed by atoms with Gasteiger partial charge >= 0.3 is 0 Å². The van der Waals surface area contributed by atoms with Gasteiger partial charge in [-0.3, -0.25) is 0 Å². The minimum Gasteiger partial charge on any atom is -0.453 e. The van der Waals surface area contributed by atoms with Crippen LogP contribution in [0.1, 0.15) is 0 Å². The van der Waals surface area contributed by atoms with Gasteiger partial charge in [-0.05, 0) is 65.5 Å². The summed E-state index contributed by atoms with van der Waals surface area (Å²) in [4.78, 5) is 5.26. The van der Waals surface area contributed by atoms with Crippen LogP contribution in [0.25, 0.3) is 110 Å². The molecule has 12 rings (SSSR count). The van der Waals surface area contributed by atoms with Gasteiger partial charge < -0.3 is 13.6 Å². The summed E-state index contributed by atoms with van der Waals surface area (Å²) in [6, 6.07) is 63.1. The molecule has 0 amide bonds. The lowest BCUT2D eigenvalue weighted by atomic mass is 9.98. The molecule has 0 saturated heterocycles. The number of pyridine rings is 1. The molecule has 0 aliphatic carbocycles. The molecule has 4 heterocycles. The van der Waals surface area contributed by atoms with E-state index in [-0.39, 0.29) is 0 Å². The summed E-state index contributed by atoms with van der Waals surface area (Å²) >= 11 is 0. The van der Waals surface area contributed by atoms with Gasteiger partial charge in [0.05, 0.1) is 27.6 Å². The SMILES string of the molecule is c1ccc2c(c1)ccc1c3nc4ccccc4c(-c4cc(-n5c6ccccc6c6ccccc65)cc(-n5c6ccccc6c6ccccc65)c4)c3oc21. The van der Waals surface area contributed by atoms with E-state index in [0.29, 0.717) is 0 Å². The summed E-state index contributed by atoms with van der Waals surface area (Å²) in [5, 5.41) is 9.22. The van der Waals surface area contributed by atoms with Gasteiger partial charge in [0.2, 0.25) is 0 Å². The number of fused-ring (bicyclic) bond motifs is 12. The van der Waals surface area contributed by atoms with E-state index >= 15 is 0 Å². The van der Waals surface area contributed by atoms with Crippen LogP contribution in [0.3, 0.4) is 0 Å². The van der Waals surface area contributed by atoms with Crippen LogP contribution in [0.4, 0.5) is 0 Å². The van der Waals surface area contributed by atoms with Crippen LogP contribution in [0.2, 0.25) is 0 Å². The smallest absolute Gasteiger partial charge is 0.162 e. The molecule has 0 aliphatic heterocycles. The molecular formula is C49H29N3O. The van der Waals surface area contributed by atoms with Gasteiger partial charge in [-0.15, -0.1) is 0 Å². The molecule has 0 fully saturated rings. The van der Waals surface area contributed by atoms with Crippen LogP contribution in [-0.2, 0) is 0 Å². The van der Waals surface area contributed by atoms with Gasteiger partial charge in [-0.25, -0.2) is 4.98 Å². The van der Waals surface area contributed by atoms with Crippen molar-refractivity contribution in [2.24, 2.45) is 0 Å². The number of benzene rings is 8. The molecule has 0 spiro atoms. The molecule has 0 radical (unpaired) electrons. The molecular weight excluding hydrogens is 647 g/mol. The standard InChI is InChI=1S/C49H29N3O/c1-2-14-34-30(13-1)25-26-40-47-49(53-48(34)40)46(39-19-3-8-20-41(39)50-47)31-27-32(51-42-21-9-4-15-35(42)36-16-5-10-22-43(36)51)29-33(28-31)52-44-23-11-6-17-37(44)38-18-7-12-24-45(38)52/h1-29H. The third-order valence-electron chi connectivity index (χ3n) is 11.1. The van der Waals surface area contributed by atoms with Crippen molar-refractivity contribution >= 4 is 87.4 Å². The summed E-state index contributed by atoms with van der Waals surface area (Å²) in [5.41, 5.74) is 12.4. The van der Waals surface area contributed by atoms with Crippen molar-refractivity contribution in [3.63, 3.8) is 0 Å². The lowest BCUT2D eigenvalue weighted by molar-refractivity contribution is 0.673. The first-order chi connectivity index (χ1) is 26.3. The molecule has 0 saturated carbocycles. The van der Waals surface area contributed by atoms with Gasteiger partial charge in [0.25, 0.3) is 0 Å². The molecule has 0 aliphatic rings. The third kappa shape index (κ3) is 3.98. The van der Waals surface area contributed by atoms with Crippen molar-refractivity contribution in [1.29, 1.82) is 0 Å². The van der Waals surface area contributed by atoms with Gasteiger partial charge in [0, 0.05) is 54.6 Å². The van der Waals surface area contributed by atoms with Gasteiger partial charge in [0.15, 0.2) is 5.58 Å². The quantitative estimate of drug-likeness (QED) is 0.187. The summed E-state index contributed by atoms with van der Waals surface area (Å²) in [7, 11) is 0. The number of hydrogen-bond donors (Lipinski definition) is 0. The highest BCUT2D eigenvalue weighted by Crippen LogP contribution is 2.44. The van der Waals surface area contributed by atoms with Crippen LogP contribution in [0.5, 0.6) is 0 Å². The van der Waals surface area contributed by atoms with Crippen molar-refractivity contribution in [3.05, 3.63) is 176 Å². The van der Waals surface area contributed by atoms with Crippen LogP contribution >= 0.6 is 0 Å². The minimum absolute atomic E-state index is 0.794. The monoisotopic (exact) mass is 675 g/mol. The van der Waals surface area contributed by atoms with Crippen LogP contribution in [0, 0.1) is 0 Å². The zero-order valence-electron chi connectivity index (χ0n) is 28.5. The average molecular weight is 676 g/mol. The lowest BCUT2D eigenvalue weighted by Gasteiger charge is -2.17. The number of hydrogen-bond acceptors (Lipinski definition) is 2. The highest BCUT2D eigenvalue weighted by Gasteiger charge is 2.22. The van der Waals surface area contributed by atoms with E-state index in [1.165, 1.54) is 43.6 Å². The molecule has 0 N–H and O–H groups in total. The first kappa shape index (κ1) is 28.5. The van der Waals surface area contributed by atoms with E-state index in [1.807, 2.05) is 0 Å². The maximum absolute atomic E-state index is 7.03. The van der Waals surface area contributed by atoms with Crippen molar-refractivity contribution in [2.75, 3.05) is 0 Å². The Bertz CT molecular complexity index is 3230. The van der Waals surface area contributed by atoms with E-state index in [9.17, 15) is 0 Å².